The second-order valence-electron chi connectivity index (χ2n) is 16.2. The van der Waals surface area contributed by atoms with Crippen molar-refractivity contribution in [1.29, 1.82) is 0 Å². The van der Waals surface area contributed by atoms with Gasteiger partial charge in [0, 0.05) is 25.7 Å². The molecule has 57 heavy (non-hydrogen) atoms. The smallest absolute Gasteiger partial charge is 0.306 e. The first-order valence-electron chi connectivity index (χ1n) is 23.3. The van der Waals surface area contributed by atoms with Crippen LogP contribution in [0.15, 0.2) is 24.3 Å². The van der Waals surface area contributed by atoms with Crippen molar-refractivity contribution in [2.24, 2.45) is 5.92 Å². The number of ether oxygens (including phenoxy) is 4. The van der Waals surface area contributed by atoms with Crippen molar-refractivity contribution < 1.29 is 38.1 Å². The molecule has 0 rings (SSSR count). The number of esters is 4. The molecule has 9 heteroatoms. The topological polar surface area (TPSA) is 108 Å². The molecule has 0 bridgehead atoms. The van der Waals surface area contributed by atoms with Crippen molar-refractivity contribution in [3.05, 3.63) is 24.3 Å². The molecule has 0 aromatic heterocycles. The van der Waals surface area contributed by atoms with Crippen LogP contribution >= 0.6 is 0 Å². The van der Waals surface area contributed by atoms with Crippen molar-refractivity contribution in [2.45, 2.75) is 213 Å². The van der Waals surface area contributed by atoms with Crippen LogP contribution in [-0.2, 0) is 38.1 Å². The van der Waals surface area contributed by atoms with Gasteiger partial charge in [0.2, 0.25) is 0 Å². The fourth-order valence-corrected chi connectivity index (χ4v) is 6.51. The third-order valence-corrected chi connectivity index (χ3v) is 10.1. The molecule has 0 radical (unpaired) electrons. The summed E-state index contributed by atoms with van der Waals surface area (Å²) in [6.45, 7) is 7.67. The number of carbonyl (C=O) groups is 4. The largest absolute Gasteiger partial charge is 0.465 e. The minimum Gasteiger partial charge on any atom is -0.465 e. The first-order chi connectivity index (χ1) is 27.7. The van der Waals surface area contributed by atoms with Gasteiger partial charge in [-0.3, -0.25) is 19.2 Å². The van der Waals surface area contributed by atoms with Crippen LogP contribution in [0.5, 0.6) is 0 Å². The molecule has 0 heterocycles. The summed E-state index contributed by atoms with van der Waals surface area (Å²) < 4.78 is 22.1. The number of carbonyl (C=O) groups excluding carboxylic acids is 4. The number of unbranched alkanes of at least 4 members (excludes halogenated alkanes) is 16. The molecule has 0 N–H and O–H groups in total. The van der Waals surface area contributed by atoms with Crippen LogP contribution in [0.4, 0.5) is 0 Å². The highest BCUT2D eigenvalue weighted by Crippen LogP contribution is 2.19. The van der Waals surface area contributed by atoms with E-state index in [1.807, 2.05) is 19.0 Å². The Morgan fingerprint density at radius 3 is 1.40 bits per heavy atom. The lowest BCUT2D eigenvalue weighted by molar-refractivity contribution is -0.167. The Hall–Kier alpha value is -2.68. The zero-order valence-electron chi connectivity index (χ0n) is 37.5. The summed E-state index contributed by atoms with van der Waals surface area (Å²) >= 11 is 0. The minimum absolute atomic E-state index is 0.103. The Morgan fingerprint density at radius 2 is 0.877 bits per heavy atom. The van der Waals surface area contributed by atoms with Crippen LogP contribution in [0.25, 0.3) is 0 Å². The van der Waals surface area contributed by atoms with Crippen LogP contribution in [0.2, 0.25) is 0 Å². The van der Waals surface area contributed by atoms with Gasteiger partial charge in [0.25, 0.3) is 0 Å². The zero-order valence-corrected chi connectivity index (χ0v) is 37.5. The highest BCUT2D eigenvalue weighted by molar-refractivity contribution is 5.71. The van der Waals surface area contributed by atoms with Gasteiger partial charge < -0.3 is 23.8 Å². The Bertz CT molecular complexity index is 1030. The van der Waals surface area contributed by atoms with Crippen LogP contribution in [0, 0.1) is 5.92 Å². The van der Waals surface area contributed by atoms with Crippen molar-refractivity contribution in [2.75, 3.05) is 40.5 Å². The molecular weight excluding hydrogens is 719 g/mol. The highest BCUT2D eigenvalue weighted by atomic mass is 16.6. The van der Waals surface area contributed by atoms with E-state index in [9.17, 15) is 19.2 Å². The third-order valence-electron chi connectivity index (χ3n) is 10.1. The summed E-state index contributed by atoms with van der Waals surface area (Å²) in [7, 11) is 3.89. The standard InChI is InChI=1S/C48H87NO8/c1-6-9-12-14-15-16-17-18-19-20-21-22-23-25-29-36-46(51)55-41-44(57-48(53)38-32-39-49(4)5)42-56-47(52)37-31-27-24-26-30-35-45(50)54-40-43(33-11-8-3)34-28-13-10-7-2/h15-16,18-19,43-44H,6-14,17,20-42H2,1-5H3/b16-15+,19-18+. The Labute approximate surface area is 349 Å². The molecule has 2 atom stereocenters. The quantitative estimate of drug-likeness (QED) is 0.0258. The molecule has 0 aliphatic carbocycles. The van der Waals surface area contributed by atoms with E-state index in [1.54, 1.807) is 0 Å². The fraction of sp³-hybridized carbons (Fsp3) is 0.833. The van der Waals surface area contributed by atoms with Crippen molar-refractivity contribution in [3.63, 3.8) is 0 Å². The van der Waals surface area contributed by atoms with Crippen molar-refractivity contribution >= 4 is 23.9 Å². The van der Waals surface area contributed by atoms with Gasteiger partial charge in [0.1, 0.15) is 13.2 Å². The third kappa shape index (κ3) is 39.9. The first-order valence-corrected chi connectivity index (χ1v) is 23.3. The molecule has 0 fully saturated rings. The monoisotopic (exact) mass is 806 g/mol. The molecule has 0 aliphatic heterocycles. The molecule has 0 aromatic carbocycles. The van der Waals surface area contributed by atoms with E-state index in [2.05, 4.69) is 45.1 Å². The fourth-order valence-electron chi connectivity index (χ4n) is 6.51. The average Bonchev–Trinajstić information content (AvgIpc) is 3.19. The number of rotatable bonds is 41. The maximum Gasteiger partial charge on any atom is 0.306 e. The number of hydrogen-bond donors (Lipinski definition) is 0. The molecule has 332 valence electrons. The molecule has 9 nitrogen and oxygen atoms in total. The highest BCUT2D eigenvalue weighted by Gasteiger charge is 2.20. The van der Waals surface area contributed by atoms with E-state index >= 15 is 0 Å². The van der Waals surface area contributed by atoms with Gasteiger partial charge in [-0.1, -0.05) is 135 Å². The second kappa shape index (κ2) is 41.5. The second-order valence-corrected chi connectivity index (χ2v) is 16.2. The van der Waals surface area contributed by atoms with Gasteiger partial charge in [0.15, 0.2) is 6.10 Å². The van der Waals surface area contributed by atoms with E-state index in [-0.39, 0.29) is 44.0 Å². The number of allylic oxidation sites excluding steroid dienone is 4. The Kier molecular flexibility index (Phi) is 39.5. The van der Waals surface area contributed by atoms with Gasteiger partial charge in [0.05, 0.1) is 6.61 Å². The van der Waals surface area contributed by atoms with Gasteiger partial charge in [-0.25, -0.2) is 0 Å². The number of nitrogens with zero attached hydrogens (tertiary/aromatic N) is 1. The Morgan fingerprint density at radius 1 is 0.456 bits per heavy atom. The van der Waals surface area contributed by atoms with Gasteiger partial charge >= 0.3 is 23.9 Å². The van der Waals surface area contributed by atoms with Crippen LogP contribution in [-0.4, -0.2) is 75.3 Å². The van der Waals surface area contributed by atoms with Crippen LogP contribution in [0.3, 0.4) is 0 Å². The van der Waals surface area contributed by atoms with Gasteiger partial charge in [-0.15, -0.1) is 0 Å². The minimum atomic E-state index is -0.836. The predicted octanol–water partition coefficient (Wildman–Crippen LogP) is 12.2. The zero-order chi connectivity index (χ0) is 42.0. The van der Waals surface area contributed by atoms with E-state index in [1.165, 1.54) is 64.2 Å². The average molecular weight is 806 g/mol. The lowest BCUT2D eigenvalue weighted by Gasteiger charge is -2.18. The summed E-state index contributed by atoms with van der Waals surface area (Å²) in [6, 6.07) is 0. The lowest BCUT2D eigenvalue weighted by atomic mass is 9.96. The molecule has 0 aliphatic rings. The Balaban J connectivity index is 4.32. The first kappa shape index (κ1) is 54.3. The molecule has 0 spiro atoms. The maximum atomic E-state index is 12.5. The molecule has 0 saturated carbocycles. The van der Waals surface area contributed by atoms with Crippen molar-refractivity contribution in [3.8, 4) is 0 Å². The molecule has 2 unspecified atom stereocenters. The summed E-state index contributed by atoms with van der Waals surface area (Å²) in [5.41, 5.74) is 0. The maximum absolute atomic E-state index is 12.5. The SMILES string of the molecule is CCCCC/C=C/C/C=C/CCCCCCCC(=O)OCC(COC(=O)CCCCCCCC(=O)OCC(CCCC)CCCCCC)OC(=O)CCCN(C)C. The number of hydrogen-bond acceptors (Lipinski definition) is 9. The summed E-state index contributed by atoms with van der Waals surface area (Å²) in [5, 5.41) is 0. The van der Waals surface area contributed by atoms with E-state index in [0.29, 0.717) is 38.2 Å². The molecule has 0 saturated heterocycles. The van der Waals surface area contributed by atoms with Crippen LogP contribution in [0.1, 0.15) is 207 Å². The lowest BCUT2D eigenvalue weighted by Crippen LogP contribution is -2.31. The van der Waals surface area contributed by atoms with Crippen molar-refractivity contribution in [1.82, 2.24) is 4.90 Å². The van der Waals surface area contributed by atoms with E-state index < -0.39 is 12.1 Å². The molecule has 0 amide bonds. The predicted molar refractivity (Wildman–Crippen MR) is 234 cm³/mol. The summed E-state index contributed by atoms with van der Waals surface area (Å²) in [5.74, 6) is -0.723. The van der Waals surface area contributed by atoms with Gasteiger partial charge in [-0.2, -0.15) is 0 Å². The molecule has 0 aromatic rings. The normalized spacial score (nSPS) is 12.7. The summed E-state index contributed by atoms with van der Waals surface area (Å²) in [6.07, 6.45) is 36.1. The van der Waals surface area contributed by atoms with E-state index in [0.717, 1.165) is 90.0 Å². The van der Waals surface area contributed by atoms with Crippen LogP contribution < -0.4 is 0 Å². The summed E-state index contributed by atoms with van der Waals surface area (Å²) in [4.78, 5) is 51.8. The van der Waals surface area contributed by atoms with Gasteiger partial charge in [-0.05, 0) is 97.2 Å². The van der Waals surface area contributed by atoms with E-state index in [4.69, 9.17) is 18.9 Å². The molecular formula is C48H87NO8.